The molecule has 2 nitrogen and oxygen atoms in total. The summed E-state index contributed by atoms with van der Waals surface area (Å²) in [5, 5.41) is 2.93. The average molecular weight is 251 g/mol. The summed E-state index contributed by atoms with van der Waals surface area (Å²) in [4.78, 5) is 11.6. The molecule has 0 aliphatic carbocycles. The normalized spacial score (nSPS) is 12.2. The van der Waals surface area contributed by atoms with E-state index in [-0.39, 0.29) is 11.2 Å². The van der Waals surface area contributed by atoms with E-state index in [1.54, 1.807) is 11.8 Å². The van der Waals surface area contributed by atoms with Crippen LogP contribution in [0.15, 0.2) is 24.3 Å². The molecule has 17 heavy (non-hydrogen) atoms. The van der Waals surface area contributed by atoms with Crippen LogP contribution in [0.1, 0.15) is 31.4 Å². The van der Waals surface area contributed by atoms with Gasteiger partial charge in [-0.05, 0) is 25.8 Å². The molecule has 1 aromatic rings. The third-order valence-corrected chi connectivity index (χ3v) is 3.75. The number of thioether (sulfide) groups is 1. The Morgan fingerprint density at radius 2 is 2.00 bits per heavy atom. The van der Waals surface area contributed by atoms with Crippen LogP contribution in [0, 0.1) is 6.92 Å². The number of carbonyl (C=O) groups excluding carboxylic acids is 1. The van der Waals surface area contributed by atoms with Crippen molar-refractivity contribution in [3.8, 4) is 0 Å². The minimum absolute atomic E-state index is 0.0165. The molecule has 0 aliphatic heterocycles. The van der Waals surface area contributed by atoms with E-state index >= 15 is 0 Å². The Balaban J connectivity index is 2.34. The molecule has 0 aromatic heterocycles. The van der Waals surface area contributed by atoms with Crippen LogP contribution >= 0.6 is 11.8 Å². The summed E-state index contributed by atoms with van der Waals surface area (Å²) in [5.74, 6) is 1.03. The molecule has 0 spiro atoms. The van der Waals surface area contributed by atoms with Crippen LogP contribution in [-0.4, -0.2) is 17.7 Å². The summed E-state index contributed by atoms with van der Waals surface area (Å²) in [6.45, 7) is 6.88. The highest BCUT2D eigenvalue weighted by atomic mass is 32.2. The predicted octanol–water partition coefficient (Wildman–Crippen LogP) is 3.14. The summed E-state index contributed by atoms with van der Waals surface area (Å²) >= 11 is 1.68. The highest BCUT2D eigenvalue weighted by Crippen LogP contribution is 2.18. The highest BCUT2D eigenvalue weighted by molar-refractivity contribution is 7.99. The first kappa shape index (κ1) is 14.1. The van der Waals surface area contributed by atoms with Crippen molar-refractivity contribution in [2.45, 2.75) is 38.2 Å². The Morgan fingerprint density at radius 3 is 2.59 bits per heavy atom. The standard InChI is InChI=1S/C14H21NOS/c1-4-9-15-14(16)12(3)17-10-13-7-5-11(2)6-8-13/h5-8,12H,4,9-10H2,1-3H3,(H,15,16). The van der Waals surface area contributed by atoms with Gasteiger partial charge in [0, 0.05) is 12.3 Å². The molecule has 0 bridgehead atoms. The van der Waals surface area contributed by atoms with Crippen molar-refractivity contribution in [1.29, 1.82) is 0 Å². The molecule has 1 atom stereocenters. The average Bonchev–Trinajstić information content (AvgIpc) is 2.34. The van der Waals surface area contributed by atoms with Gasteiger partial charge in [-0.1, -0.05) is 36.8 Å². The molecule has 0 fully saturated rings. The second kappa shape index (κ2) is 7.38. The molecule has 1 rings (SSSR count). The molecule has 1 amide bonds. The number of benzene rings is 1. The summed E-state index contributed by atoms with van der Waals surface area (Å²) in [7, 11) is 0. The van der Waals surface area contributed by atoms with Gasteiger partial charge in [-0.3, -0.25) is 4.79 Å². The van der Waals surface area contributed by atoms with Crippen LogP contribution in [0.25, 0.3) is 0 Å². The molecule has 1 aromatic carbocycles. The van der Waals surface area contributed by atoms with Gasteiger partial charge in [0.1, 0.15) is 0 Å². The number of aryl methyl sites for hydroxylation is 1. The Hall–Kier alpha value is -0.960. The van der Waals surface area contributed by atoms with Crippen molar-refractivity contribution in [2.75, 3.05) is 6.54 Å². The van der Waals surface area contributed by atoms with Gasteiger partial charge in [-0.15, -0.1) is 11.8 Å². The Kier molecular flexibility index (Phi) is 6.12. The van der Waals surface area contributed by atoms with Crippen molar-refractivity contribution >= 4 is 17.7 Å². The van der Waals surface area contributed by atoms with Crippen molar-refractivity contribution in [1.82, 2.24) is 5.32 Å². The summed E-state index contributed by atoms with van der Waals surface area (Å²) < 4.78 is 0. The minimum atomic E-state index is 0.0165. The lowest BCUT2D eigenvalue weighted by molar-refractivity contribution is -0.120. The number of nitrogens with one attached hydrogen (secondary N) is 1. The SMILES string of the molecule is CCCNC(=O)C(C)SCc1ccc(C)cc1. The van der Waals surface area contributed by atoms with Crippen LogP contribution in [0.5, 0.6) is 0 Å². The lowest BCUT2D eigenvalue weighted by Gasteiger charge is -2.11. The maximum Gasteiger partial charge on any atom is 0.232 e. The zero-order chi connectivity index (χ0) is 12.7. The topological polar surface area (TPSA) is 29.1 Å². The number of carbonyl (C=O) groups is 1. The fourth-order valence-electron chi connectivity index (χ4n) is 1.37. The molecule has 0 radical (unpaired) electrons. The number of hydrogen-bond donors (Lipinski definition) is 1. The Bertz CT molecular complexity index is 348. The van der Waals surface area contributed by atoms with Crippen molar-refractivity contribution in [2.24, 2.45) is 0 Å². The first-order valence-corrected chi connectivity index (χ1v) is 7.13. The zero-order valence-electron chi connectivity index (χ0n) is 10.8. The van der Waals surface area contributed by atoms with Gasteiger partial charge in [0.2, 0.25) is 5.91 Å². The van der Waals surface area contributed by atoms with Crippen LogP contribution in [-0.2, 0) is 10.5 Å². The minimum Gasteiger partial charge on any atom is -0.355 e. The number of amides is 1. The first-order chi connectivity index (χ1) is 8.13. The van der Waals surface area contributed by atoms with E-state index in [0.717, 1.165) is 18.7 Å². The molecule has 0 saturated carbocycles. The van der Waals surface area contributed by atoms with Gasteiger partial charge in [0.05, 0.1) is 5.25 Å². The Labute approximate surface area is 108 Å². The second-order valence-corrected chi connectivity index (χ2v) is 5.56. The quantitative estimate of drug-likeness (QED) is 0.841. The summed E-state index contributed by atoms with van der Waals surface area (Å²) in [5.41, 5.74) is 2.54. The van der Waals surface area contributed by atoms with Crippen molar-refractivity contribution in [3.63, 3.8) is 0 Å². The largest absolute Gasteiger partial charge is 0.355 e. The lowest BCUT2D eigenvalue weighted by Crippen LogP contribution is -2.31. The Morgan fingerprint density at radius 1 is 1.35 bits per heavy atom. The number of hydrogen-bond acceptors (Lipinski definition) is 2. The highest BCUT2D eigenvalue weighted by Gasteiger charge is 2.12. The molecule has 0 saturated heterocycles. The molecular formula is C14H21NOS. The van der Waals surface area contributed by atoms with Crippen LogP contribution in [0.3, 0.4) is 0 Å². The second-order valence-electron chi connectivity index (χ2n) is 4.23. The number of rotatable bonds is 6. The van der Waals surface area contributed by atoms with E-state index in [9.17, 15) is 4.79 Å². The fraction of sp³-hybridized carbons (Fsp3) is 0.500. The summed E-state index contributed by atoms with van der Waals surface area (Å²) in [6, 6.07) is 8.47. The third-order valence-electron chi connectivity index (χ3n) is 2.54. The molecule has 94 valence electrons. The van der Waals surface area contributed by atoms with E-state index in [1.807, 2.05) is 6.92 Å². The van der Waals surface area contributed by atoms with Crippen molar-refractivity contribution < 1.29 is 4.79 Å². The lowest BCUT2D eigenvalue weighted by atomic mass is 10.2. The van der Waals surface area contributed by atoms with Crippen LogP contribution in [0.2, 0.25) is 0 Å². The van der Waals surface area contributed by atoms with E-state index in [2.05, 4.69) is 43.4 Å². The fourth-order valence-corrected chi connectivity index (χ4v) is 2.24. The van der Waals surface area contributed by atoms with E-state index in [4.69, 9.17) is 0 Å². The van der Waals surface area contributed by atoms with Gasteiger partial charge in [-0.25, -0.2) is 0 Å². The maximum absolute atomic E-state index is 11.6. The van der Waals surface area contributed by atoms with E-state index in [0.29, 0.717) is 0 Å². The first-order valence-electron chi connectivity index (χ1n) is 6.08. The van der Waals surface area contributed by atoms with Gasteiger partial charge in [-0.2, -0.15) is 0 Å². The third kappa shape index (κ3) is 5.26. The predicted molar refractivity (Wildman–Crippen MR) is 75.2 cm³/mol. The van der Waals surface area contributed by atoms with Crippen LogP contribution in [0.4, 0.5) is 0 Å². The summed E-state index contributed by atoms with van der Waals surface area (Å²) in [6.07, 6.45) is 0.987. The van der Waals surface area contributed by atoms with Gasteiger partial charge < -0.3 is 5.32 Å². The van der Waals surface area contributed by atoms with Crippen molar-refractivity contribution in [3.05, 3.63) is 35.4 Å². The zero-order valence-corrected chi connectivity index (χ0v) is 11.6. The smallest absolute Gasteiger partial charge is 0.232 e. The molecule has 1 N–H and O–H groups in total. The van der Waals surface area contributed by atoms with E-state index < -0.39 is 0 Å². The molecule has 3 heteroatoms. The van der Waals surface area contributed by atoms with Crippen LogP contribution < -0.4 is 5.32 Å². The van der Waals surface area contributed by atoms with Gasteiger partial charge in [0.15, 0.2) is 0 Å². The van der Waals surface area contributed by atoms with E-state index in [1.165, 1.54) is 11.1 Å². The molecule has 1 unspecified atom stereocenters. The molecular weight excluding hydrogens is 230 g/mol. The molecule has 0 heterocycles. The van der Waals surface area contributed by atoms with Gasteiger partial charge >= 0.3 is 0 Å². The molecule has 0 aliphatic rings. The van der Waals surface area contributed by atoms with Gasteiger partial charge in [0.25, 0.3) is 0 Å². The maximum atomic E-state index is 11.6. The monoisotopic (exact) mass is 251 g/mol.